The fourth-order valence-corrected chi connectivity index (χ4v) is 6.02. The molecule has 0 spiro atoms. The highest BCUT2D eigenvalue weighted by atomic mass is 28.3. The van der Waals surface area contributed by atoms with Crippen molar-refractivity contribution in [2.24, 2.45) is 0 Å². The third-order valence-corrected chi connectivity index (χ3v) is 9.76. The van der Waals surface area contributed by atoms with Crippen LogP contribution in [0.25, 0.3) is 0 Å². The third kappa shape index (κ3) is 4.74. The Labute approximate surface area is 173 Å². The van der Waals surface area contributed by atoms with Crippen LogP contribution in [0.4, 0.5) is 0 Å². The number of aryl methyl sites for hydroxylation is 1. The van der Waals surface area contributed by atoms with E-state index in [0.29, 0.717) is 0 Å². The van der Waals surface area contributed by atoms with Crippen LogP contribution in [0.5, 0.6) is 0 Å². The van der Waals surface area contributed by atoms with Gasteiger partial charge in [-0.3, -0.25) is 0 Å². The van der Waals surface area contributed by atoms with Gasteiger partial charge in [-0.05, 0) is 23.6 Å². The van der Waals surface area contributed by atoms with Gasteiger partial charge in [0.25, 0.3) is 0 Å². The summed E-state index contributed by atoms with van der Waals surface area (Å²) < 4.78 is 0. The molecular weight excluding hydrogens is 368 g/mol. The molecule has 28 heavy (non-hydrogen) atoms. The predicted molar refractivity (Wildman–Crippen MR) is 131 cm³/mol. The summed E-state index contributed by atoms with van der Waals surface area (Å²) in [5.74, 6) is 0.284. The lowest BCUT2D eigenvalue weighted by molar-refractivity contribution is 0.977. The van der Waals surface area contributed by atoms with Gasteiger partial charge in [-0.15, -0.1) is 0 Å². The molecule has 3 rings (SSSR count). The van der Waals surface area contributed by atoms with Crippen molar-refractivity contribution < 1.29 is 0 Å². The van der Waals surface area contributed by atoms with Crippen LogP contribution < -0.4 is 10.4 Å². The second-order valence-electron chi connectivity index (χ2n) is 10.1. The molecule has 3 aromatic rings. The average molecular weight is 403 g/mol. The zero-order valence-electron chi connectivity index (χ0n) is 18.5. The molecule has 0 nitrogen and oxygen atoms in total. The van der Waals surface area contributed by atoms with Crippen LogP contribution in [0.15, 0.2) is 72.8 Å². The van der Waals surface area contributed by atoms with Crippen molar-refractivity contribution in [2.45, 2.75) is 52.1 Å². The van der Waals surface area contributed by atoms with E-state index in [0.717, 1.165) is 0 Å². The highest BCUT2D eigenvalue weighted by Gasteiger charge is 2.21. The van der Waals surface area contributed by atoms with Crippen molar-refractivity contribution in [3.63, 3.8) is 0 Å². The summed E-state index contributed by atoms with van der Waals surface area (Å²) in [5.41, 5.74) is 5.44. The van der Waals surface area contributed by atoms with Crippen molar-refractivity contribution in [3.05, 3.63) is 95.1 Å². The topological polar surface area (TPSA) is 0 Å². The van der Waals surface area contributed by atoms with Gasteiger partial charge in [-0.2, -0.15) is 0 Å². The maximum atomic E-state index is 2.41. The Morgan fingerprint density at radius 3 is 1.04 bits per heavy atom. The molecule has 0 bridgehead atoms. The molecule has 0 radical (unpaired) electrons. The normalized spacial score (nSPS) is 12.4. The van der Waals surface area contributed by atoms with Gasteiger partial charge in [0.15, 0.2) is 0 Å². The molecule has 0 N–H and O–H groups in total. The largest absolute Gasteiger partial charge is 0.0775 e. The van der Waals surface area contributed by atoms with Crippen LogP contribution in [-0.2, 0) is 0 Å². The van der Waals surface area contributed by atoms with Crippen molar-refractivity contribution in [2.75, 3.05) is 0 Å². The van der Waals surface area contributed by atoms with Gasteiger partial charge in [0.05, 0.1) is 16.1 Å². The zero-order valence-corrected chi connectivity index (χ0v) is 20.5. The fourth-order valence-electron chi connectivity index (χ4n) is 3.69. The first-order valence-corrected chi connectivity index (χ1v) is 17.3. The molecule has 3 aromatic carbocycles. The summed E-state index contributed by atoms with van der Waals surface area (Å²) in [6, 6.07) is 27.9. The maximum Gasteiger partial charge on any atom is 0.0775 e. The maximum absolute atomic E-state index is 2.41. The Kier molecular flexibility index (Phi) is 5.83. The summed E-state index contributed by atoms with van der Waals surface area (Å²) in [7, 11) is -2.56. The summed E-state index contributed by atoms with van der Waals surface area (Å²) in [5, 5.41) is 3.04. The predicted octanol–water partition coefficient (Wildman–Crippen LogP) is 6.27. The van der Waals surface area contributed by atoms with Crippen LogP contribution in [0.1, 0.15) is 28.2 Å². The first-order valence-electron chi connectivity index (χ1n) is 10.3. The van der Waals surface area contributed by atoms with Gasteiger partial charge in [0, 0.05) is 5.92 Å². The molecule has 0 saturated heterocycles. The molecule has 0 atom stereocenters. The van der Waals surface area contributed by atoms with E-state index >= 15 is 0 Å². The molecule has 0 amide bonds. The van der Waals surface area contributed by atoms with Gasteiger partial charge >= 0.3 is 0 Å². The van der Waals surface area contributed by atoms with Gasteiger partial charge in [0.1, 0.15) is 0 Å². The number of hydrogen-bond donors (Lipinski definition) is 0. The Hall–Kier alpha value is -1.91. The van der Waals surface area contributed by atoms with Gasteiger partial charge < -0.3 is 0 Å². The van der Waals surface area contributed by atoms with Crippen molar-refractivity contribution in [1.82, 2.24) is 0 Å². The van der Waals surface area contributed by atoms with Crippen LogP contribution in [0.3, 0.4) is 0 Å². The smallest absolute Gasteiger partial charge is 0.0656 e. The SMILES string of the molecule is Cc1ccc(C(c2ccc([Si](C)(C)C)cc2)c2ccc([Si](C)(C)C)cc2)cc1. The minimum atomic E-state index is -1.28. The van der Waals surface area contributed by atoms with Crippen molar-refractivity contribution in [1.29, 1.82) is 0 Å². The van der Waals surface area contributed by atoms with E-state index in [4.69, 9.17) is 0 Å². The molecule has 0 aliphatic heterocycles. The second-order valence-corrected chi connectivity index (χ2v) is 20.2. The summed E-state index contributed by atoms with van der Waals surface area (Å²) in [6.45, 7) is 16.6. The van der Waals surface area contributed by atoms with Crippen molar-refractivity contribution >= 4 is 26.5 Å². The third-order valence-electron chi connectivity index (χ3n) is 5.63. The van der Waals surface area contributed by atoms with E-state index < -0.39 is 16.1 Å². The average Bonchev–Trinajstić information content (AvgIpc) is 2.63. The molecule has 0 saturated carbocycles. The van der Waals surface area contributed by atoms with E-state index in [1.165, 1.54) is 32.6 Å². The minimum absolute atomic E-state index is 0.284. The van der Waals surface area contributed by atoms with Gasteiger partial charge in [0.2, 0.25) is 0 Å². The number of rotatable bonds is 5. The monoisotopic (exact) mass is 402 g/mol. The number of hydrogen-bond acceptors (Lipinski definition) is 0. The quantitative estimate of drug-likeness (QED) is 0.349. The summed E-state index contributed by atoms with van der Waals surface area (Å²) in [4.78, 5) is 0. The molecule has 0 unspecified atom stereocenters. The standard InChI is InChI=1S/C26H34Si2/c1-20-8-10-21(11-9-20)26(22-12-16-24(17-13-22)27(2,3)4)23-14-18-25(19-15-23)28(5,6)7/h8-19,26H,1-7H3. The lowest BCUT2D eigenvalue weighted by Gasteiger charge is -2.23. The first kappa shape index (κ1) is 20.8. The van der Waals surface area contributed by atoms with Crippen molar-refractivity contribution in [3.8, 4) is 0 Å². The van der Waals surface area contributed by atoms with E-state index in [1.54, 1.807) is 0 Å². The van der Waals surface area contributed by atoms with E-state index in [9.17, 15) is 0 Å². The molecular formula is C26H34Si2. The highest BCUT2D eigenvalue weighted by molar-refractivity contribution is 6.89. The molecule has 2 heteroatoms. The van der Waals surface area contributed by atoms with Gasteiger partial charge in [-0.25, -0.2) is 0 Å². The van der Waals surface area contributed by atoms with E-state index in [1.807, 2.05) is 0 Å². The number of benzene rings is 3. The van der Waals surface area contributed by atoms with Gasteiger partial charge in [-0.1, -0.05) is 128 Å². The lowest BCUT2D eigenvalue weighted by atomic mass is 9.85. The first-order chi connectivity index (χ1) is 13.1. The summed E-state index contributed by atoms with van der Waals surface area (Å²) >= 11 is 0. The van der Waals surface area contributed by atoms with Crippen LogP contribution >= 0.6 is 0 Å². The lowest BCUT2D eigenvalue weighted by Crippen LogP contribution is -2.37. The molecule has 0 aliphatic carbocycles. The summed E-state index contributed by atoms with van der Waals surface area (Å²) in [6.07, 6.45) is 0. The Morgan fingerprint density at radius 1 is 0.464 bits per heavy atom. The Balaban J connectivity index is 2.06. The second kappa shape index (κ2) is 7.84. The van der Waals surface area contributed by atoms with Crippen LogP contribution in [0, 0.1) is 6.92 Å². The van der Waals surface area contributed by atoms with E-state index in [2.05, 4.69) is 119 Å². The minimum Gasteiger partial charge on any atom is -0.0656 e. The van der Waals surface area contributed by atoms with E-state index in [-0.39, 0.29) is 5.92 Å². The van der Waals surface area contributed by atoms with Crippen LogP contribution in [-0.4, -0.2) is 16.1 Å². The molecule has 0 fully saturated rings. The zero-order chi connectivity index (χ0) is 20.5. The molecule has 146 valence electrons. The Morgan fingerprint density at radius 2 is 0.750 bits per heavy atom. The van der Waals surface area contributed by atoms with Crippen LogP contribution in [0.2, 0.25) is 39.3 Å². The molecule has 0 aliphatic rings. The molecule has 0 heterocycles. The Bertz CT molecular complexity index is 849. The highest BCUT2D eigenvalue weighted by Crippen LogP contribution is 2.32. The fraction of sp³-hybridized carbons (Fsp3) is 0.308. The molecule has 0 aromatic heterocycles.